The van der Waals surface area contributed by atoms with Gasteiger partial charge in [-0.15, -0.1) is 0 Å². The highest BCUT2D eigenvalue weighted by molar-refractivity contribution is 5.99. The van der Waals surface area contributed by atoms with E-state index in [-0.39, 0.29) is 11.9 Å². The first kappa shape index (κ1) is 25.8. The molecule has 6 aromatic rings. The maximum atomic E-state index is 13.5. The predicted octanol–water partition coefficient (Wildman–Crippen LogP) is 4.19. The van der Waals surface area contributed by atoms with Crippen molar-refractivity contribution in [1.82, 2.24) is 34.6 Å². The lowest BCUT2D eigenvalue weighted by Crippen LogP contribution is -2.28. The molecule has 3 N–H and O–H groups in total. The molecule has 8 rings (SSSR count). The summed E-state index contributed by atoms with van der Waals surface area (Å²) in [4.78, 5) is 40.7. The quantitative estimate of drug-likeness (QED) is 0.282. The summed E-state index contributed by atoms with van der Waals surface area (Å²) in [5, 5.41) is 7.60. The molecule has 0 spiro atoms. The molecule has 5 heterocycles. The minimum absolute atomic E-state index is 0.122. The van der Waals surface area contributed by atoms with E-state index >= 15 is 0 Å². The summed E-state index contributed by atoms with van der Waals surface area (Å²) < 4.78 is 3.72. The fourth-order valence-corrected chi connectivity index (χ4v) is 6.42. The SMILES string of the molecule is Nc1ncccc1-c1nc2ccc(-n3cccn3)nc2n1-c1ccc2c(c1)CCC2NC(=O)c1cccc2c1CCN2C=O. The zero-order chi connectivity index (χ0) is 29.8. The lowest BCUT2D eigenvalue weighted by molar-refractivity contribution is -0.107. The van der Waals surface area contributed by atoms with Crippen molar-refractivity contribution in [3.63, 3.8) is 0 Å². The smallest absolute Gasteiger partial charge is 0.252 e. The average molecular weight is 582 g/mol. The predicted molar refractivity (Wildman–Crippen MR) is 166 cm³/mol. The molecule has 2 amide bonds. The van der Waals surface area contributed by atoms with Crippen LogP contribution in [0.4, 0.5) is 11.5 Å². The first-order valence-electron chi connectivity index (χ1n) is 14.5. The molecule has 0 fully saturated rings. The molecule has 0 saturated carbocycles. The Balaban J connectivity index is 1.17. The van der Waals surface area contributed by atoms with E-state index < -0.39 is 0 Å². The number of hydrogen-bond donors (Lipinski definition) is 2. The van der Waals surface area contributed by atoms with Crippen molar-refractivity contribution in [3.05, 3.63) is 108 Å². The van der Waals surface area contributed by atoms with Gasteiger partial charge in [0, 0.05) is 42.1 Å². The van der Waals surface area contributed by atoms with Crippen molar-refractivity contribution in [2.24, 2.45) is 0 Å². The number of rotatable bonds is 6. The normalized spacial score (nSPS) is 15.4. The number of imidazole rings is 1. The Morgan fingerprint density at radius 2 is 1.93 bits per heavy atom. The number of anilines is 2. The summed E-state index contributed by atoms with van der Waals surface area (Å²) in [6.45, 7) is 0.589. The number of nitrogens with zero attached hydrogens (tertiary/aromatic N) is 7. The van der Waals surface area contributed by atoms with Gasteiger partial charge >= 0.3 is 0 Å². The van der Waals surface area contributed by atoms with Crippen LogP contribution in [-0.2, 0) is 17.6 Å². The summed E-state index contributed by atoms with van der Waals surface area (Å²) in [6, 6.07) is 21.1. The molecule has 4 aromatic heterocycles. The average Bonchev–Trinajstić information content (AvgIpc) is 3.86. The van der Waals surface area contributed by atoms with Crippen molar-refractivity contribution < 1.29 is 9.59 Å². The molecule has 2 aliphatic rings. The molecular weight excluding hydrogens is 554 g/mol. The molecular formula is C33H27N9O2. The highest BCUT2D eigenvalue weighted by atomic mass is 16.2. The first-order chi connectivity index (χ1) is 21.6. The van der Waals surface area contributed by atoms with Crippen molar-refractivity contribution >= 4 is 35.0 Å². The topological polar surface area (TPSA) is 137 Å². The van der Waals surface area contributed by atoms with Gasteiger partial charge in [-0.05, 0) is 90.6 Å². The number of carbonyl (C=O) groups is 2. The largest absolute Gasteiger partial charge is 0.383 e. The second-order valence-electron chi connectivity index (χ2n) is 11.0. The zero-order valence-electron chi connectivity index (χ0n) is 23.6. The molecule has 2 aromatic carbocycles. The second kappa shape index (κ2) is 10.2. The highest BCUT2D eigenvalue weighted by Crippen LogP contribution is 2.37. The van der Waals surface area contributed by atoms with E-state index in [4.69, 9.17) is 15.7 Å². The first-order valence-corrected chi connectivity index (χ1v) is 14.5. The number of nitrogens with two attached hydrogens (primary N) is 1. The van der Waals surface area contributed by atoms with Crippen LogP contribution in [0, 0.1) is 0 Å². The number of carbonyl (C=O) groups excluding carboxylic acids is 2. The van der Waals surface area contributed by atoms with Crippen LogP contribution in [0.3, 0.4) is 0 Å². The molecule has 1 aliphatic carbocycles. The van der Waals surface area contributed by atoms with Gasteiger partial charge in [0.25, 0.3) is 5.91 Å². The van der Waals surface area contributed by atoms with Gasteiger partial charge in [-0.2, -0.15) is 5.10 Å². The monoisotopic (exact) mass is 581 g/mol. The van der Waals surface area contributed by atoms with Crippen molar-refractivity contribution in [1.29, 1.82) is 0 Å². The molecule has 216 valence electrons. The number of aryl methyl sites for hydroxylation is 1. The standard InChI is InChI=1S/C33H27N9O2/c34-30-25(5-2-14-35-30)31-37-27-11-12-29(41-16-3-15-36-41)39-32(27)42(31)21-8-9-22-20(18-21)7-10-26(22)38-33(44)24-4-1-6-28-23(24)13-17-40(28)19-43/h1-6,8-9,11-12,14-16,18-19,26H,7,10,13,17H2,(H2,34,35)(H,38,44). The van der Waals surface area contributed by atoms with Crippen LogP contribution in [0.2, 0.25) is 0 Å². The van der Waals surface area contributed by atoms with Gasteiger partial charge in [-0.25, -0.2) is 19.6 Å². The van der Waals surface area contributed by atoms with E-state index in [0.717, 1.165) is 47.3 Å². The Labute approximate surface area is 252 Å². The minimum atomic E-state index is -0.123. The lowest BCUT2D eigenvalue weighted by Gasteiger charge is -2.17. The van der Waals surface area contributed by atoms with Crippen LogP contribution in [0.1, 0.15) is 39.5 Å². The third-order valence-electron chi connectivity index (χ3n) is 8.51. The molecule has 0 bridgehead atoms. The second-order valence-corrected chi connectivity index (χ2v) is 11.0. The van der Waals surface area contributed by atoms with Crippen LogP contribution in [0.15, 0.2) is 85.3 Å². The van der Waals surface area contributed by atoms with Crippen LogP contribution >= 0.6 is 0 Å². The van der Waals surface area contributed by atoms with Crippen molar-refractivity contribution in [2.45, 2.75) is 25.3 Å². The lowest BCUT2D eigenvalue weighted by atomic mass is 10.0. The van der Waals surface area contributed by atoms with Gasteiger partial charge in [0.2, 0.25) is 6.41 Å². The van der Waals surface area contributed by atoms with Gasteiger partial charge < -0.3 is 16.0 Å². The summed E-state index contributed by atoms with van der Waals surface area (Å²) in [5.41, 5.74) is 13.9. The highest BCUT2D eigenvalue weighted by Gasteiger charge is 2.29. The summed E-state index contributed by atoms with van der Waals surface area (Å²) in [6.07, 6.45) is 8.31. The Bertz CT molecular complexity index is 2080. The fourth-order valence-electron chi connectivity index (χ4n) is 6.42. The van der Waals surface area contributed by atoms with E-state index in [1.165, 1.54) is 0 Å². The molecule has 11 heteroatoms. The molecule has 44 heavy (non-hydrogen) atoms. The maximum Gasteiger partial charge on any atom is 0.252 e. The molecule has 11 nitrogen and oxygen atoms in total. The number of aromatic nitrogens is 6. The summed E-state index contributed by atoms with van der Waals surface area (Å²) in [5.74, 6) is 1.56. The van der Waals surface area contributed by atoms with Crippen molar-refractivity contribution in [3.8, 4) is 22.9 Å². The number of benzene rings is 2. The van der Waals surface area contributed by atoms with E-state index in [9.17, 15) is 9.59 Å². The Hall–Kier alpha value is -5.84. The number of hydrogen-bond acceptors (Lipinski definition) is 7. The van der Waals surface area contributed by atoms with Gasteiger partial charge in [0.1, 0.15) is 11.3 Å². The maximum absolute atomic E-state index is 13.5. The van der Waals surface area contributed by atoms with E-state index in [1.807, 2.05) is 65.4 Å². The fraction of sp³-hybridized carbons (Fsp3) is 0.152. The van der Waals surface area contributed by atoms with Crippen LogP contribution in [0.25, 0.3) is 34.1 Å². The van der Waals surface area contributed by atoms with Crippen LogP contribution < -0.4 is 16.0 Å². The Kier molecular flexibility index (Phi) is 5.97. The third-order valence-corrected chi connectivity index (χ3v) is 8.51. The number of nitrogens with one attached hydrogen (secondary N) is 1. The van der Waals surface area contributed by atoms with Crippen LogP contribution in [-0.4, -0.2) is 48.2 Å². The van der Waals surface area contributed by atoms with Gasteiger partial charge in [0.05, 0.1) is 11.6 Å². The number of fused-ring (bicyclic) bond motifs is 3. The van der Waals surface area contributed by atoms with E-state index in [0.29, 0.717) is 52.7 Å². The molecule has 1 unspecified atom stereocenters. The summed E-state index contributed by atoms with van der Waals surface area (Å²) in [7, 11) is 0. The Morgan fingerprint density at radius 3 is 2.77 bits per heavy atom. The third kappa shape index (κ3) is 4.12. The van der Waals surface area contributed by atoms with Crippen molar-refractivity contribution in [2.75, 3.05) is 17.2 Å². The number of amides is 2. The Morgan fingerprint density at radius 1 is 1.00 bits per heavy atom. The van der Waals surface area contributed by atoms with Gasteiger partial charge in [-0.3, -0.25) is 14.2 Å². The molecule has 0 radical (unpaired) electrons. The van der Waals surface area contributed by atoms with Gasteiger partial charge in [0.15, 0.2) is 17.3 Å². The summed E-state index contributed by atoms with van der Waals surface area (Å²) >= 11 is 0. The molecule has 1 atom stereocenters. The van der Waals surface area contributed by atoms with E-state index in [2.05, 4.69) is 27.5 Å². The molecule has 1 aliphatic heterocycles. The van der Waals surface area contributed by atoms with Gasteiger partial charge in [-0.1, -0.05) is 12.1 Å². The minimum Gasteiger partial charge on any atom is -0.383 e. The zero-order valence-corrected chi connectivity index (χ0v) is 23.6. The van der Waals surface area contributed by atoms with Crippen LogP contribution in [0.5, 0.6) is 0 Å². The van der Waals surface area contributed by atoms with E-state index in [1.54, 1.807) is 22.0 Å². The number of pyridine rings is 2. The number of nitrogen functional groups attached to an aromatic ring is 1. The molecule has 0 saturated heterocycles.